The second-order valence-electron chi connectivity index (χ2n) is 5.95. The number of hydrogen-bond acceptors (Lipinski definition) is 3. The number of rotatable bonds is 6. The molecule has 0 radical (unpaired) electrons. The number of amides is 1. The zero-order valence-corrected chi connectivity index (χ0v) is 14.7. The topological polar surface area (TPSA) is 75.6 Å². The molecule has 0 aliphatic heterocycles. The molecule has 1 aliphatic rings. The second-order valence-corrected chi connectivity index (χ2v) is 6.81. The normalized spacial score (nSPS) is 22.3. The molecule has 0 spiro atoms. The van der Waals surface area contributed by atoms with Crippen molar-refractivity contribution in [3.05, 3.63) is 34.3 Å². The van der Waals surface area contributed by atoms with Gasteiger partial charge in [-0.1, -0.05) is 40.5 Å². The van der Waals surface area contributed by atoms with Crippen LogP contribution in [0.5, 0.6) is 0 Å². The number of methoxy groups -OCH3 is 1. The van der Waals surface area contributed by atoms with Gasteiger partial charge in [0, 0.05) is 18.0 Å². The summed E-state index contributed by atoms with van der Waals surface area (Å²) in [5, 5.41) is 12.1. The zero-order valence-electron chi connectivity index (χ0n) is 13.1. The Hall–Kier alpha value is -1.40. The van der Waals surface area contributed by atoms with Gasteiger partial charge in [-0.05, 0) is 36.8 Å². The fourth-order valence-electron chi connectivity index (χ4n) is 3.10. The van der Waals surface area contributed by atoms with E-state index in [1.54, 1.807) is 31.4 Å². The van der Waals surface area contributed by atoms with Crippen molar-refractivity contribution in [3.8, 4) is 0 Å². The van der Waals surface area contributed by atoms with Crippen molar-refractivity contribution < 1.29 is 19.4 Å². The summed E-state index contributed by atoms with van der Waals surface area (Å²) in [5.74, 6) is -1.04. The van der Waals surface area contributed by atoms with Gasteiger partial charge in [0.15, 0.2) is 6.04 Å². The molecular formula is C17H22BrNO4. The van der Waals surface area contributed by atoms with Crippen molar-refractivity contribution >= 4 is 27.8 Å². The van der Waals surface area contributed by atoms with Gasteiger partial charge in [0.1, 0.15) is 0 Å². The van der Waals surface area contributed by atoms with E-state index in [4.69, 9.17) is 4.74 Å². The van der Waals surface area contributed by atoms with Gasteiger partial charge < -0.3 is 15.2 Å². The van der Waals surface area contributed by atoms with Gasteiger partial charge in [-0.25, -0.2) is 4.79 Å². The number of carboxylic acid groups (broad SMARTS) is 1. The van der Waals surface area contributed by atoms with Crippen LogP contribution in [0.2, 0.25) is 0 Å². The first kappa shape index (κ1) is 17.9. The summed E-state index contributed by atoms with van der Waals surface area (Å²) in [6.07, 6.45) is 4.47. The molecule has 1 fully saturated rings. The van der Waals surface area contributed by atoms with Gasteiger partial charge in [-0.3, -0.25) is 4.79 Å². The maximum absolute atomic E-state index is 12.3. The third-order valence-corrected chi connectivity index (χ3v) is 5.03. The Bertz CT molecular complexity index is 563. The fraction of sp³-hybridized carbons (Fsp3) is 0.529. The predicted octanol–water partition coefficient (Wildman–Crippen LogP) is 3.29. The largest absolute Gasteiger partial charge is 0.479 e. The molecule has 3 unspecified atom stereocenters. The van der Waals surface area contributed by atoms with Gasteiger partial charge in [0.2, 0.25) is 5.91 Å². The number of aliphatic carboxylic acids is 1. The number of ether oxygens (including phenoxy) is 1. The van der Waals surface area contributed by atoms with Crippen LogP contribution in [-0.2, 0) is 14.3 Å². The molecule has 3 atom stereocenters. The van der Waals surface area contributed by atoms with Crippen LogP contribution in [0.3, 0.4) is 0 Å². The first-order valence-corrected chi connectivity index (χ1v) is 8.60. The Morgan fingerprint density at radius 2 is 2.13 bits per heavy atom. The molecule has 2 rings (SSSR count). The van der Waals surface area contributed by atoms with Crippen LogP contribution in [-0.4, -0.2) is 30.2 Å². The minimum atomic E-state index is -1.07. The lowest BCUT2D eigenvalue weighted by Gasteiger charge is -2.28. The molecule has 1 saturated carbocycles. The summed E-state index contributed by atoms with van der Waals surface area (Å²) in [6.45, 7) is 0. The standard InChI is InChI=1S/C17H22BrNO4/c1-23-12-6-4-5-11(9-12)10-15(20)19-16(17(21)22)13-7-2-3-8-14(13)18/h2-3,7-8,11-12,16H,4-6,9-10H2,1H3,(H,19,20)(H,21,22). The number of carboxylic acids is 1. The first-order valence-electron chi connectivity index (χ1n) is 7.80. The Morgan fingerprint density at radius 1 is 1.39 bits per heavy atom. The highest BCUT2D eigenvalue weighted by Crippen LogP contribution is 2.29. The third kappa shape index (κ3) is 5.04. The molecule has 126 valence electrons. The van der Waals surface area contributed by atoms with E-state index in [1.165, 1.54) is 0 Å². The van der Waals surface area contributed by atoms with Crippen molar-refractivity contribution in [1.82, 2.24) is 5.32 Å². The third-order valence-electron chi connectivity index (χ3n) is 4.31. The van der Waals surface area contributed by atoms with Gasteiger partial charge in [0.05, 0.1) is 6.10 Å². The van der Waals surface area contributed by atoms with Gasteiger partial charge in [0.25, 0.3) is 0 Å². The van der Waals surface area contributed by atoms with E-state index in [0.717, 1.165) is 25.7 Å². The lowest BCUT2D eigenvalue weighted by Crippen LogP contribution is -2.36. The number of hydrogen-bond donors (Lipinski definition) is 2. The molecule has 0 bridgehead atoms. The van der Waals surface area contributed by atoms with E-state index < -0.39 is 12.0 Å². The highest BCUT2D eigenvalue weighted by molar-refractivity contribution is 9.10. The summed E-state index contributed by atoms with van der Waals surface area (Å²) in [6, 6.07) is 5.99. The van der Waals surface area contributed by atoms with Crippen LogP contribution in [0.15, 0.2) is 28.7 Å². The molecule has 0 aromatic heterocycles. The SMILES string of the molecule is COC1CCCC(CC(=O)NC(C(=O)O)c2ccccc2Br)C1. The molecule has 1 amide bonds. The van der Waals surface area contributed by atoms with Crippen LogP contribution >= 0.6 is 15.9 Å². The molecule has 1 aliphatic carbocycles. The van der Waals surface area contributed by atoms with E-state index in [-0.39, 0.29) is 17.9 Å². The van der Waals surface area contributed by atoms with Crippen LogP contribution in [0.25, 0.3) is 0 Å². The molecule has 1 aromatic rings. The molecule has 2 N–H and O–H groups in total. The van der Waals surface area contributed by atoms with Crippen molar-refractivity contribution in [1.29, 1.82) is 0 Å². The van der Waals surface area contributed by atoms with Crippen LogP contribution < -0.4 is 5.32 Å². The van der Waals surface area contributed by atoms with Gasteiger partial charge in [-0.15, -0.1) is 0 Å². The van der Waals surface area contributed by atoms with Gasteiger partial charge in [-0.2, -0.15) is 0 Å². The monoisotopic (exact) mass is 383 g/mol. The van der Waals surface area contributed by atoms with Crippen LogP contribution in [0, 0.1) is 5.92 Å². The van der Waals surface area contributed by atoms with Crippen molar-refractivity contribution in [2.24, 2.45) is 5.92 Å². The van der Waals surface area contributed by atoms with Crippen molar-refractivity contribution in [3.63, 3.8) is 0 Å². The molecule has 0 saturated heterocycles. The summed E-state index contributed by atoms with van der Waals surface area (Å²) in [7, 11) is 1.69. The Balaban J connectivity index is 1.99. The van der Waals surface area contributed by atoms with E-state index >= 15 is 0 Å². The summed E-state index contributed by atoms with van der Waals surface area (Å²) >= 11 is 3.34. The van der Waals surface area contributed by atoms with Crippen molar-refractivity contribution in [2.45, 2.75) is 44.2 Å². The molecular weight excluding hydrogens is 362 g/mol. The Kier molecular flexibility index (Phi) is 6.59. The quantitative estimate of drug-likeness (QED) is 0.789. The minimum absolute atomic E-state index is 0.208. The summed E-state index contributed by atoms with van der Waals surface area (Å²) < 4.78 is 6.05. The average Bonchev–Trinajstić information content (AvgIpc) is 2.53. The zero-order chi connectivity index (χ0) is 16.8. The number of benzene rings is 1. The smallest absolute Gasteiger partial charge is 0.330 e. The molecule has 23 heavy (non-hydrogen) atoms. The van der Waals surface area contributed by atoms with Crippen LogP contribution in [0.4, 0.5) is 0 Å². The number of carbonyl (C=O) groups is 2. The van der Waals surface area contributed by atoms with Crippen LogP contribution in [0.1, 0.15) is 43.7 Å². The van der Waals surface area contributed by atoms with Crippen molar-refractivity contribution in [2.75, 3.05) is 7.11 Å². The highest BCUT2D eigenvalue weighted by Gasteiger charge is 2.27. The number of carbonyl (C=O) groups excluding carboxylic acids is 1. The molecule has 5 nitrogen and oxygen atoms in total. The fourth-order valence-corrected chi connectivity index (χ4v) is 3.62. The highest BCUT2D eigenvalue weighted by atomic mass is 79.9. The van der Waals surface area contributed by atoms with E-state index in [0.29, 0.717) is 16.5 Å². The maximum atomic E-state index is 12.3. The minimum Gasteiger partial charge on any atom is -0.479 e. The van der Waals surface area contributed by atoms with E-state index in [2.05, 4.69) is 21.2 Å². The summed E-state index contributed by atoms with van der Waals surface area (Å²) in [5.41, 5.74) is 0.548. The van der Waals surface area contributed by atoms with E-state index in [1.807, 2.05) is 0 Å². The van der Waals surface area contributed by atoms with Gasteiger partial charge >= 0.3 is 5.97 Å². The number of nitrogens with one attached hydrogen (secondary N) is 1. The maximum Gasteiger partial charge on any atom is 0.330 e. The Labute approximate surface area is 144 Å². The first-order chi connectivity index (χ1) is 11.0. The molecule has 6 heteroatoms. The molecule has 1 aromatic carbocycles. The Morgan fingerprint density at radius 3 is 2.78 bits per heavy atom. The lowest BCUT2D eigenvalue weighted by molar-refractivity contribution is -0.142. The average molecular weight is 384 g/mol. The second kappa shape index (κ2) is 8.45. The predicted molar refractivity (Wildman–Crippen MR) is 90.0 cm³/mol. The van der Waals surface area contributed by atoms with E-state index in [9.17, 15) is 14.7 Å². The number of halogens is 1. The molecule has 0 heterocycles. The lowest BCUT2D eigenvalue weighted by atomic mass is 9.85. The summed E-state index contributed by atoms with van der Waals surface area (Å²) in [4.78, 5) is 23.8.